The number of amides is 1. The van der Waals surface area contributed by atoms with E-state index in [1.807, 2.05) is 30.3 Å². The first kappa shape index (κ1) is 17.1. The molecule has 1 heterocycles. The fraction of sp³-hybridized carbons (Fsp3) is 0.350. The third-order valence-corrected chi connectivity index (χ3v) is 5.76. The maximum atomic E-state index is 12.9. The van der Waals surface area contributed by atoms with E-state index in [4.69, 9.17) is 0 Å². The van der Waals surface area contributed by atoms with E-state index in [-0.39, 0.29) is 17.2 Å². The van der Waals surface area contributed by atoms with Gasteiger partial charge in [-0.2, -0.15) is 0 Å². The van der Waals surface area contributed by atoms with Gasteiger partial charge in [0, 0.05) is 17.5 Å². The average molecular weight is 340 g/mol. The molecular formula is C20H24N2OS. The molecule has 1 saturated heterocycles. The molecule has 3 rings (SSSR count). The lowest BCUT2D eigenvalue weighted by atomic mass is 10.1. The van der Waals surface area contributed by atoms with Crippen LogP contribution in [0.1, 0.15) is 28.4 Å². The van der Waals surface area contributed by atoms with Crippen molar-refractivity contribution in [1.29, 1.82) is 0 Å². The quantitative estimate of drug-likeness (QED) is 0.817. The zero-order chi connectivity index (χ0) is 16.9. The molecule has 0 saturated carbocycles. The van der Waals surface area contributed by atoms with Crippen LogP contribution in [0.5, 0.6) is 0 Å². The van der Waals surface area contributed by atoms with Crippen LogP contribution in [0.4, 0.5) is 0 Å². The molecule has 0 aliphatic carbocycles. The summed E-state index contributed by atoms with van der Waals surface area (Å²) in [5.74, 6) is 0.0971. The van der Waals surface area contributed by atoms with Crippen LogP contribution in [0.15, 0.2) is 53.4 Å². The first-order chi connectivity index (χ1) is 11.6. The van der Waals surface area contributed by atoms with E-state index in [1.165, 1.54) is 11.1 Å². The molecule has 3 nitrogen and oxygen atoms in total. The monoisotopic (exact) mass is 340 g/mol. The molecule has 1 fully saturated rings. The minimum atomic E-state index is -0.229. The van der Waals surface area contributed by atoms with Crippen molar-refractivity contribution in [1.82, 2.24) is 10.6 Å². The van der Waals surface area contributed by atoms with Crippen LogP contribution in [-0.4, -0.2) is 25.0 Å². The molecule has 0 bridgehead atoms. The Balaban J connectivity index is 1.82. The summed E-state index contributed by atoms with van der Waals surface area (Å²) in [6.45, 7) is 6.04. The van der Waals surface area contributed by atoms with Gasteiger partial charge in [-0.3, -0.25) is 4.79 Å². The molecule has 0 spiro atoms. The summed E-state index contributed by atoms with van der Waals surface area (Å²) in [7, 11) is 0. The number of nitrogens with one attached hydrogen (secondary N) is 2. The molecule has 2 aromatic rings. The Bertz CT molecular complexity index is 696. The number of carbonyl (C=O) groups is 1. The van der Waals surface area contributed by atoms with Gasteiger partial charge in [0.1, 0.15) is 5.25 Å². The predicted octanol–water partition coefficient (Wildman–Crippen LogP) is 3.61. The van der Waals surface area contributed by atoms with Crippen molar-refractivity contribution in [2.75, 3.05) is 13.1 Å². The van der Waals surface area contributed by atoms with Gasteiger partial charge in [0.2, 0.25) is 5.91 Å². The Hall–Kier alpha value is -1.78. The van der Waals surface area contributed by atoms with E-state index in [9.17, 15) is 4.79 Å². The highest BCUT2D eigenvalue weighted by Gasteiger charge is 2.26. The molecule has 2 atom stereocenters. The van der Waals surface area contributed by atoms with Crippen molar-refractivity contribution in [3.8, 4) is 0 Å². The summed E-state index contributed by atoms with van der Waals surface area (Å²) >= 11 is 1.64. The van der Waals surface area contributed by atoms with Crippen molar-refractivity contribution in [2.24, 2.45) is 0 Å². The SMILES string of the molecule is Cc1ccc(SC(C(=O)NC2CCNC2)c2ccccc2)c(C)c1. The van der Waals surface area contributed by atoms with E-state index >= 15 is 0 Å². The molecular weight excluding hydrogens is 316 g/mol. The topological polar surface area (TPSA) is 41.1 Å². The lowest BCUT2D eigenvalue weighted by Gasteiger charge is -2.20. The Labute approximate surface area is 148 Å². The second kappa shape index (κ2) is 7.86. The molecule has 2 N–H and O–H groups in total. The maximum Gasteiger partial charge on any atom is 0.238 e. The molecule has 4 heteroatoms. The van der Waals surface area contributed by atoms with Crippen molar-refractivity contribution in [3.05, 3.63) is 65.2 Å². The molecule has 0 radical (unpaired) electrons. The number of hydrogen-bond acceptors (Lipinski definition) is 3. The fourth-order valence-electron chi connectivity index (χ4n) is 3.01. The minimum absolute atomic E-state index is 0.0971. The van der Waals surface area contributed by atoms with Crippen LogP contribution in [0.2, 0.25) is 0 Å². The molecule has 2 aromatic carbocycles. The van der Waals surface area contributed by atoms with Crippen LogP contribution < -0.4 is 10.6 Å². The maximum absolute atomic E-state index is 12.9. The standard InChI is InChI=1S/C20H24N2OS/c1-14-8-9-18(15(2)12-14)24-19(16-6-4-3-5-7-16)20(23)22-17-10-11-21-13-17/h3-9,12,17,19,21H,10-11,13H2,1-2H3,(H,22,23). The molecule has 126 valence electrons. The Morgan fingerprint density at radius 3 is 2.67 bits per heavy atom. The van der Waals surface area contributed by atoms with Gasteiger partial charge in [0.15, 0.2) is 0 Å². The highest BCUT2D eigenvalue weighted by atomic mass is 32.2. The van der Waals surface area contributed by atoms with E-state index in [2.05, 4.69) is 42.7 Å². The first-order valence-electron chi connectivity index (χ1n) is 8.43. The fourth-order valence-corrected chi connectivity index (χ4v) is 4.13. The Kier molecular flexibility index (Phi) is 5.59. The second-order valence-corrected chi connectivity index (χ2v) is 7.52. The summed E-state index contributed by atoms with van der Waals surface area (Å²) in [6.07, 6.45) is 1.00. The van der Waals surface area contributed by atoms with Gasteiger partial charge in [-0.05, 0) is 44.0 Å². The van der Waals surface area contributed by atoms with Gasteiger partial charge in [0.25, 0.3) is 0 Å². The van der Waals surface area contributed by atoms with Gasteiger partial charge in [-0.1, -0.05) is 48.0 Å². The molecule has 1 aliphatic rings. The predicted molar refractivity (Wildman–Crippen MR) is 100 cm³/mol. The van der Waals surface area contributed by atoms with Gasteiger partial charge in [0.05, 0.1) is 0 Å². The molecule has 2 unspecified atom stereocenters. The number of carbonyl (C=O) groups excluding carboxylic acids is 1. The number of hydrogen-bond donors (Lipinski definition) is 2. The summed E-state index contributed by atoms with van der Waals surface area (Å²) in [4.78, 5) is 14.1. The normalized spacial score (nSPS) is 18.3. The highest BCUT2D eigenvalue weighted by Crippen LogP contribution is 2.37. The number of aryl methyl sites for hydroxylation is 2. The molecule has 1 aliphatic heterocycles. The lowest BCUT2D eigenvalue weighted by Crippen LogP contribution is -2.38. The Morgan fingerprint density at radius 2 is 2.00 bits per heavy atom. The lowest BCUT2D eigenvalue weighted by molar-refractivity contribution is -0.121. The summed E-state index contributed by atoms with van der Waals surface area (Å²) in [5, 5.41) is 6.28. The average Bonchev–Trinajstić information content (AvgIpc) is 3.08. The summed E-state index contributed by atoms with van der Waals surface area (Å²) < 4.78 is 0. The van der Waals surface area contributed by atoms with E-state index in [0.29, 0.717) is 0 Å². The van der Waals surface area contributed by atoms with E-state index in [0.717, 1.165) is 30.0 Å². The van der Waals surface area contributed by atoms with Gasteiger partial charge in [-0.25, -0.2) is 0 Å². The summed E-state index contributed by atoms with van der Waals surface area (Å²) in [6, 6.07) is 16.7. The molecule has 1 amide bonds. The highest BCUT2D eigenvalue weighted by molar-refractivity contribution is 8.00. The Morgan fingerprint density at radius 1 is 1.21 bits per heavy atom. The molecule has 24 heavy (non-hydrogen) atoms. The number of rotatable bonds is 5. The van der Waals surface area contributed by atoms with Gasteiger partial charge >= 0.3 is 0 Å². The third-order valence-electron chi connectivity index (χ3n) is 4.32. The van der Waals surface area contributed by atoms with Crippen molar-refractivity contribution in [3.63, 3.8) is 0 Å². The zero-order valence-electron chi connectivity index (χ0n) is 14.2. The van der Waals surface area contributed by atoms with Crippen molar-refractivity contribution >= 4 is 17.7 Å². The smallest absolute Gasteiger partial charge is 0.238 e. The zero-order valence-corrected chi connectivity index (χ0v) is 15.0. The number of thioether (sulfide) groups is 1. The first-order valence-corrected chi connectivity index (χ1v) is 9.31. The molecule has 0 aromatic heterocycles. The van der Waals surface area contributed by atoms with Crippen LogP contribution in [0.3, 0.4) is 0 Å². The minimum Gasteiger partial charge on any atom is -0.351 e. The van der Waals surface area contributed by atoms with Crippen LogP contribution in [0.25, 0.3) is 0 Å². The van der Waals surface area contributed by atoms with Gasteiger partial charge < -0.3 is 10.6 Å². The van der Waals surface area contributed by atoms with E-state index < -0.39 is 0 Å². The van der Waals surface area contributed by atoms with Crippen LogP contribution in [-0.2, 0) is 4.79 Å². The number of benzene rings is 2. The van der Waals surface area contributed by atoms with Crippen LogP contribution in [0, 0.1) is 13.8 Å². The third kappa shape index (κ3) is 4.19. The van der Waals surface area contributed by atoms with Crippen molar-refractivity contribution in [2.45, 2.75) is 36.5 Å². The summed E-state index contributed by atoms with van der Waals surface area (Å²) in [5.41, 5.74) is 3.51. The largest absolute Gasteiger partial charge is 0.351 e. The van der Waals surface area contributed by atoms with Gasteiger partial charge in [-0.15, -0.1) is 11.8 Å². The van der Waals surface area contributed by atoms with Crippen LogP contribution >= 0.6 is 11.8 Å². The van der Waals surface area contributed by atoms with E-state index in [1.54, 1.807) is 11.8 Å². The van der Waals surface area contributed by atoms with Crippen molar-refractivity contribution < 1.29 is 4.79 Å². The second-order valence-electron chi connectivity index (χ2n) is 6.38.